The molecule has 3 nitrogen and oxygen atoms in total. The van der Waals surface area contributed by atoms with Crippen LogP contribution in [0.2, 0.25) is 0 Å². The van der Waals surface area contributed by atoms with Crippen molar-refractivity contribution in [3.63, 3.8) is 0 Å². The van der Waals surface area contributed by atoms with Crippen LogP contribution < -0.4 is 4.90 Å². The lowest BCUT2D eigenvalue weighted by Gasteiger charge is -2.36. The minimum atomic E-state index is -0.0755. The molecule has 3 rings (SSSR count). The second kappa shape index (κ2) is 5.19. The number of hydrogen-bond donors (Lipinski definition) is 1. The number of halogens is 1. The highest BCUT2D eigenvalue weighted by Gasteiger charge is 2.24. The van der Waals surface area contributed by atoms with Crippen LogP contribution in [0.25, 0.3) is 0 Å². The van der Waals surface area contributed by atoms with Crippen LogP contribution in [0.4, 0.5) is 5.69 Å². The fourth-order valence-corrected chi connectivity index (χ4v) is 3.45. The molecule has 0 aliphatic carbocycles. The van der Waals surface area contributed by atoms with E-state index in [2.05, 4.69) is 43.9 Å². The number of anilines is 1. The van der Waals surface area contributed by atoms with Gasteiger partial charge in [-0.1, -0.05) is 22.0 Å². The number of hydrogen-bond acceptors (Lipinski definition) is 3. The normalized spacial score (nSPS) is 20.0. The Kier molecular flexibility index (Phi) is 3.59. The van der Waals surface area contributed by atoms with Crippen LogP contribution >= 0.6 is 15.9 Å². The SMILES string of the molecule is OC1CN(CCCN2CCc3c(Br)cccc32)C1. The van der Waals surface area contributed by atoms with Crippen molar-refractivity contribution in [3.8, 4) is 0 Å². The fraction of sp³-hybridized carbons (Fsp3) is 0.571. The zero-order valence-electron chi connectivity index (χ0n) is 10.5. The van der Waals surface area contributed by atoms with Gasteiger partial charge < -0.3 is 10.0 Å². The van der Waals surface area contributed by atoms with E-state index in [1.54, 1.807) is 0 Å². The van der Waals surface area contributed by atoms with E-state index in [9.17, 15) is 5.11 Å². The summed E-state index contributed by atoms with van der Waals surface area (Å²) in [5.74, 6) is 0. The van der Waals surface area contributed by atoms with Crippen LogP contribution in [0, 0.1) is 0 Å². The third kappa shape index (κ3) is 2.42. The first-order chi connectivity index (χ1) is 8.74. The predicted octanol–water partition coefficient (Wildman–Crippen LogP) is 1.88. The van der Waals surface area contributed by atoms with Crippen molar-refractivity contribution in [1.29, 1.82) is 0 Å². The van der Waals surface area contributed by atoms with E-state index in [1.165, 1.54) is 22.1 Å². The summed E-state index contributed by atoms with van der Waals surface area (Å²) in [6.45, 7) is 5.10. The molecule has 0 amide bonds. The highest BCUT2D eigenvalue weighted by molar-refractivity contribution is 9.10. The van der Waals surface area contributed by atoms with E-state index < -0.39 is 0 Å². The van der Waals surface area contributed by atoms with E-state index in [0.717, 1.165) is 39.1 Å². The summed E-state index contributed by atoms with van der Waals surface area (Å²) in [4.78, 5) is 4.80. The summed E-state index contributed by atoms with van der Waals surface area (Å²) in [6.07, 6.45) is 2.26. The molecule has 1 aromatic rings. The first-order valence-corrected chi connectivity index (χ1v) is 7.46. The van der Waals surface area contributed by atoms with Gasteiger partial charge in [0.25, 0.3) is 0 Å². The maximum absolute atomic E-state index is 9.23. The molecule has 98 valence electrons. The number of fused-ring (bicyclic) bond motifs is 1. The van der Waals surface area contributed by atoms with Gasteiger partial charge in [0.1, 0.15) is 0 Å². The maximum atomic E-state index is 9.23. The number of benzene rings is 1. The van der Waals surface area contributed by atoms with Crippen molar-refractivity contribution in [2.45, 2.75) is 18.9 Å². The molecule has 0 unspecified atom stereocenters. The zero-order valence-corrected chi connectivity index (χ0v) is 12.1. The first kappa shape index (κ1) is 12.5. The summed E-state index contributed by atoms with van der Waals surface area (Å²) < 4.78 is 1.24. The van der Waals surface area contributed by atoms with E-state index in [0.29, 0.717) is 0 Å². The van der Waals surface area contributed by atoms with Crippen molar-refractivity contribution >= 4 is 21.6 Å². The van der Waals surface area contributed by atoms with Gasteiger partial charge in [0.15, 0.2) is 0 Å². The van der Waals surface area contributed by atoms with Crippen molar-refractivity contribution < 1.29 is 5.11 Å². The number of aliphatic hydroxyl groups excluding tert-OH is 1. The second-order valence-corrected chi connectivity index (χ2v) is 6.10. The number of rotatable bonds is 4. The molecule has 2 heterocycles. The van der Waals surface area contributed by atoms with Gasteiger partial charge in [-0.3, -0.25) is 4.90 Å². The standard InChI is InChI=1S/C14H19BrN2O/c15-13-3-1-4-14-12(13)5-8-17(14)7-2-6-16-9-11(18)10-16/h1,3-4,11,18H,2,5-10H2. The number of β-amino-alcohol motifs (C(OH)–C–C–N with tert-alkyl or cyclic N) is 1. The topological polar surface area (TPSA) is 26.7 Å². The van der Waals surface area contributed by atoms with Crippen molar-refractivity contribution in [1.82, 2.24) is 4.90 Å². The summed E-state index contributed by atoms with van der Waals surface area (Å²) in [6, 6.07) is 6.47. The van der Waals surface area contributed by atoms with Crippen LogP contribution in [0.15, 0.2) is 22.7 Å². The fourth-order valence-electron chi connectivity index (χ4n) is 2.90. The van der Waals surface area contributed by atoms with Gasteiger partial charge in [-0.2, -0.15) is 0 Å². The Balaban J connectivity index is 1.52. The Bertz CT molecular complexity index is 432. The van der Waals surface area contributed by atoms with Gasteiger partial charge in [-0.25, -0.2) is 0 Å². The highest BCUT2D eigenvalue weighted by Crippen LogP contribution is 2.33. The molecular weight excluding hydrogens is 292 g/mol. The molecule has 0 aromatic heterocycles. The molecule has 0 radical (unpaired) electrons. The largest absolute Gasteiger partial charge is 0.390 e. The number of aliphatic hydroxyl groups is 1. The Morgan fingerprint density at radius 2 is 2.11 bits per heavy atom. The number of likely N-dealkylation sites (tertiary alicyclic amines) is 1. The van der Waals surface area contributed by atoms with Crippen LogP contribution in [-0.4, -0.2) is 48.8 Å². The van der Waals surface area contributed by atoms with Gasteiger partial charge in [-0.15, -0.1) is 0 Å². The average Bonchev–Trinajstić information content (AvgIpc) is 2.72. The molecule has 2 aliphatic heterocycles. The average molecular weight is 311 g/mol. The molecule has 0 spiro atoms. The van der Waals surface area contributed by atoms with Crippen LogP contribution in [0.1, 0.15) is 12.0 Å². The Morgan fingerprint density at radius 1 is 1.28 bits per heavy atom. The minimum Gasteiger partial charge on any atom is -0.390 e. The molecule has 0 saturated carbocycles. The molecule has 1 N–H and O–H groups in total. The lowest BCUT2D eigenvalue weighted by Crippen LogP contribution is -2.51. The summed E-state index contributed by atoms with van der Waals surface area (Å²) >= 11 is 3.63. The molecule has 2 aliphatic rings. The van der Waals surface area contributed by atoms with Gasteiger partial charge in [0.05, 0.1) is 6.10 Å². The smallest absolute Gasteiger partial charge is 0.0793 e. The zero-order chi connectivity index (χ0) is 12.5. The van der Waals surface area contributed by atoms with Crippen molar-refractivity contribution in [2.75, 3.05) is 37.6 Å². The third-order valence-electron chi connectivity index (χ3n) is 3.91. The Labute approximate surface area is 117 Å². The molecule has 1 fully saturated rings. The number of nitrogens with zero attached hydrogens (tertiary/aromatic N) is 2. The Hall–Kier alpha value is -0.580. The maximum Gasteiger partial charge on any atom is 0.0793 e. The van der Waals surface area contributed by atoms with Gasteiger partial charge in [0.2, 0.25) is 0 Å². The van der Waals surface area contributed by atoms with Crippen molar-refractivity contribution in [2.24, 2.45) is 0 Å². The van der Waals surface area contributed by atoms with E-state index >= 15 is 0 Å². The lowest BCUT2D eigenvalue weighted by molar-refractivity contribution is 0.00214. The molecule has 0 bridgehead atoms. The van der Waals surface area contributed by atoms with Gasteiger partial charge in [0, 0.05) is 42.9 Å². The monoisotopic (exact) mass is 310 g/mol. The minimum absolute atomic E-state index is 0.0755. The van der Waals surface area contributed by atoms with Crippen LogP contribution in [0.3, 0.4) is 0 Å². The quantitative estimate of drug-likeness (QED) is 0.920. The van der Waals surface area contributed by atoms with E-state index in [1.807, 2.05) is 0 Å². The van der Waals surface area contributed by atoms with E-state index in [4.69, 9.17) is 0 Å². The molecule has 0 atom stereocenters. The molecular formula is C14H19BrN2O. The third-order valence-corrected chi connectivity index (χ3v) is 4.65. The first-order valence-electron chi connectivity index (χ1n) is 6.67. The molecule has 18 heavy (non-hydrogen) atoms. The van der Waals surface area contributed by atoms with E-state index in [-0.39, 0.29) is 6.10 Å². The summed E-state index contributed by atoms with van der Waals surface area (Å²) in [5, 5.41) is 9.23. The van der Waals surface area contributed by atoms with Gasteiger partial charge in [-0.05, 0) is 30.5 Å². The predicted molar refractivity (Wildman–Crippen MR) is 77.1 cm³/mol. The second-order valence-electron chi connectivity index (χ2n) is 5.24. The summed E-state index contributed by atoms with van der Waals surface area (Å²) in [7, 11) is 0. The molecule has 1 aromatic carbocycles. The lowest BCUT2D eigenvalue weighted by atomic mass is 10.1. The van der Waals surface area contributed by atoms with Crippen LogP contribution in [-0.2, 0) is 6.42 Å². The Morgan fingerprint density at radius 3 is 2.89 bits per heavy atom. The molecule has 1 saturated heterocycles. The van der Waals surface area contributed by atoms with Crippen LogP contribution in [0.5, 0.6) is 0 Å². The molecule has 4 heteroatoms. The van der Waals surface area contributed by atoms with Gasteiger partial charge >= 0.3 is 0 Å². The van der Waals surface area contributed by atoms with Crippen molar-refractivity contribution in [3.05, 3.63) is 28.2 Å². The highest BCUT2D eigenvalue weighted by atomic mass is 79.9. The summed E-state index contributed by atoms with van der Waals surface area (Å²) in [5.41, 5.74) is 2.85.